The SMILES string of the molecule is Cc1ccc2c(-c3cccc(OC(=O)c4ccccc4)c3)nc(=O)n(C(C)C)c2c1. The lowest BCUT2D eigenvalue weighted by molar-refractivity contribution is 0.0735. The predicted molar refractivity (Wildman–Crippen MR) is 118 cm³/mol. The van der Waals surface area contributed by atoms with Gasteiger partial charge in [-0.05, 0) is 56.7 Å². The van der Waals surface area contributed by atoms with Crippen molar-refractivity contribution in [2.75, 3.05) is 0 Å². The largest absolute Gasteiger partial charge is 0.423 e. The van der Waals surface area contributed by atoms with E-state index in [-0.39, 0.29) is 11.7 Å². The molecule has 0 aliphatic heterocycles. The van der Waals surface area contributed by atoms with E-state index in [2.05, 4.69) is 4.98 Å². The number of hydrogen-bond acceptors (Lipinski definition) is 4. The second kappa shape index (κ2) is 7.95. The van der Waals surface area contributed by atoms with Crippen LogP contribution in [0.5, 0.6) is 5.75 Å². The lowest BCUT2D eigenvalue weighted by atomic mass is 10.0. The first-order chi connectivity index (χ1) is 14.4. The first-order valence-electron chi connectivity index (χ1n) is 9.84. The van der Waals surface area contributed by atoms with Gasteiger partial charge in [-0.3, -0.25) is 4.57 Å². The number of rotatable bonds is 4. The summed E-state index contributed by atoms with van der Waals surface area (Å²) in [4.78, 5) is 29.6. The summed E-state index contributed by atoms with van der Waals surface area (Å²) in [6.07, 6.45) is 0. The van der Waals surface area contributed by atoms with E-state index in [1.54, 1.807) is 47.0 Å². The zero-order valence-electron chi connectivity index (χ0n) is 17.1. The average Bonchev–Trinajstić information content (AvgIpc) is 2.73. The van der Waals surface area contributed by atoms with Gasteiger partial charge in [-0.15, -0.1) is 0 Å². The third-order valence-electron chi connectivity index (χ3n) is 4.93. The predicted octanol–water partition coefficient (Wildman–Crippen LogP) is 5.17. The average molecular weight is 398 g/mol. The van der Waals surface area contributed by atoms with Crippen molar-refractivity contribution < 1.29 is 9.53 Å². The molecule has 0 amide bonds. The number of aryl methyl sites for hydroxylation is 1. The van der Waals surface area contributed by atoms with E-state index >= 15 is 0 Å². The number of nitrogens with zero attached hydrogens (tertiary/aromatic N) is 2. The van der Waals surface area contributed by atoms with Crippen LogP contribution < -0.4 is 10.4 Å². The summed E-state index contributed by atoms with van der Waals surface area (Å²) in [6.45, 7) is 5.93. The van der Waals surface area contributed by atoms with Crippen LogP contribution in [-0.4, -0.2) is 15.5 Å². The highest BCUT2D eigenvalue weighted by Crippen LogP contribution is 2.29. The molecule has 0 N–H and O–H groups in total. The van der Waals surface area contributed by atoms with Crippen LogP contribution in [0.4, 0.5) is 0 Å². The molecule has 0 aliphatic carbocycles. The lowest BCUT2D eigenvalue weighted by Crippen LogP contribution is -2.25. The third-order valence-corrected chi connectivity index (χ3v) is 4.93. The summed E-state index contributed by atoms with van der Waals surface area (Å²) in [6, 6.07) is 21.9. The Labute approximate surface area is 174 Å². The molecule has 0 saturated carbocycles. The maximum absolute atomic E-state index is 12.8. The number of fused-ring (bicyclic) bond motifs is 1. The van der Waals surface area contributed by atoms with E-state index in [1.165, 1.54) is 0 Å². The fourth-order valence-electron chi connectivity index (χ4n) is 3.52. The third kappa shape index (κ3) is 3.74. The maximum atomic E-state index is 12.8. The molecule has 0 aliphatic rings. The van der Waals surface area contributed by atoms with E-state index in [1.807, 2.05) is 51.1 Å². The fourth-order valence-corrected chi connectivity index (χ4v) is 3.52. The number of benzene rings is 3. The van der Waals surface area contributed by atoms with Gasteiger partial charge < -0.3 is 4.74 Å². The Bertz CT molecular complexity index is 1290. The van der Waals surface area contributed by atoms with E-state index in [9.17, 15) is 9.59 Å². The van der Waals surface area contributed by atoms with Gasteiger partial charge in [-0.1, -0.05) is 42.5 Å². The zero-order valence-corrected chi connectivity index (χ0v) is 17.1. The van der Waals surface area contributed by atoms with Crippen molar-refractivity contribution in [2.45, 2.75) is 26.8 Å². The molecule has 0 fully saturated rings. The van der Waals surface area contributed by atoms with Crippen LogP contribution in [-0.2, 0) is 0 Å². The Kier molecular flexibility index (Phi) is 5.19. The Morgan fingerprint density at radius 3 is 2.47 bits per heavy atom. The molecule has 0 atom stereocenters. The highest BCUT2D eigenvalue weighted by atomic mass is 16.5. The molecule has 0 saturated heterocycles. The minimum atomic E-state index is -0.434. The Balaban J connectivity index is 1.80. The number of hydrogen-bond donors (Lipinski definition) is 0. The molecule has 1 aromatic heterocycles. The van der Waals surface area contributed by atoms with E-state index in [0.717, 1.165) is 22.0 Å². The number of esters is 1. The molecular weight excluding hydrogens is 376 g/mol. The number of carbonyl (C=O) groups is 1. The van der Waals surface area contributed by atoms with Crippen LogP contribution >= 0.6 is 0 Å². The molecule has 5 heteroatoms. The summed E-state index contributed by atoms with van der Waals surface area (Å²) < 4.78 is 7.24. The normalized spacial score (nSPS) is 11.1. The number of carbonyl (C=O) groups excluding carboxylic acids is 1. The molecule has 4 rings (SSSR count). The topological polar surface area (TPSA) is 61.2 Å². The van der Waals surface area contributed by atoms with Crippen molar-refractivity contribution >= 4 is 16.9 Å². The van der Waals surface area contributed by atoms with Crippen molar-refractivity contribution in [3.63, 3.8) is 0 Å². The Morgan fingerprint density at radius 1 is 0.967 bits per heavy atom. The molecule has 5 nitrogen and oxygen atoms in total. The summed E-state index contributed by atoms with van der Waals surface area (Å²) >= 11 is 0. The van der Waals surface area contributed by atoms with Gasteiger partial charge in [-0.25, -0.2) is 9.59 Å². The molecule has 0 radical (unpaired) electrons. The standard InChI is InChI=1S/C25H22N2O3/c1-16(2)27-22-14-17(3)12-13-21(22)23(26-25(27)29)19-10-7-11-20(15-19)30-24(28)18-8-5-4-6-9-18/h4-16H,1-3H3. The highest BCUT2D eigenvalue weighted by Gasteiger charge is 2.15. The first kappa shape index (κ1) is 19.6. The van der Waals surface area contributed by atoms with E-state index in [0.29, 0.717) is 17.0 Å². The van der Waals surface area contributed by atoms with Crippen LogP contribution in [0.15, 0.2) is 77.6 Å². The summed E-state index contributed by atoms with van der Waals surface area (Å²) in [7, 11) is 0. The molecule has 30 heavy (non-hydrogen) atoms. The van der Waals surface area contributed by atoms with Gasteiger partial charge in [0.05, 0.1) is 16.8 Å². The van der Waals surface area contributed by atoms with Crippen LogP contribution in [0, 0.1) is 6.92 Å². The molecule has 4 aromatic rings. The monoisotopic (exact) mass is 398 g/mol. The van der Waals surface area contributed by atoms with Crippen LogP contribution in [0.25, 0.3) is 22.2 Å². The van der Waals surface area contributed by atoms with Gasteiger partial charge >= 0.3 is 11.7 Å². The van der Waals surface area contributed by atoms with Crippen LogP contribution in [0.3, 0.4) is 0 Å². The Hall–Kier alpha value is -3.73. The van der Waals surface area contributed by atoms with Crippen LogP contribution in [0.1, 0.15) is 35.8 Å². The van der Waals surface area contributed by atoms with Gasteiger partial charge in [0.1, 0.15) is 5.75 Å². The van der Waals surface area contributed by atoms with Gasteiger partial charge in [0.2, 0.25) is 0 Å². The lowest BCUT2D eigenvalue weighted by Gasteiger charge is -2.16. The van der Waals surface area contributed by atoms with Gasteiger partial charge in [-0.2, -0.15) is 4.98 Å². The summed E-state index contributed by atoms with van der Waals surface area (Å²) in [5, 5.41) is 0.875. The van der Waals surface area contributed by atoms with E-state index < -0.39 is 5.97 Å². The fraction of sp³-hybridized carbons (Fsp3) is 0.160. The molecule has 150 valence electrons. The molecule has 0 bridgehead atoms. The second-order valence-corrected chi connectivity index (χ2v) is 7.51. The molecule has 1 heterocycles. The highest BCUT2D eigenvalue weighted by molar-refractivity contribution is 5.94. The van der Waals surface area contributed by atoms with Gasteiger partial charge in [0.15, 0.2) is 0 Å². The maximum Gasteiger partial charge on any atom is 0.348 e. The van der Waals surface area contributed by atoms with Gasteiger partial charge in [0, 0.05) is 17.0 Å². The quantitative estimate of drug-likeness (QED) is 0.351. The molecular formula is C25H22N2O3. The smallest absolute Gasteiger partial charge is 0.348 e. The van der Waals surface area contributed by atoms with Crippen molar-refractivity contribution in [1.82, 2.24) is 9.55 Å². The van der Waals surface area contributed by atoms with Crippen LogP contribution in [0.2, 0.25) is 0 Å². The zero-order chi connectivity index (χ0) is 21.3. The second-order valence-electron chi connectivity index (χ2n) is 7.51. The summed E-state index contributed by atoms with van der Waals surface area (Å²) in [5.74, 6) is -0.0344. The Morgan fingerprint density at radius 2 is 1.73 bits per heavy atom. The first-order valence-corrected chi connectivity index (χ1v) is 9.84. The van der Waals surface area contributed by atoms with Crippen molar-refractivity contribution in [1.29, 1.82) is 0 Å². The van der Waals surface area contributed by atoms with Crippen molar-refractivity contribution in [3.05, 3.63) is 94.4 Å². The van der Waals surface area contributed by atoms with Crippen molar-refractivity contribution in [2.24, 2.45) is 0 Å². The minimum absolute atomic E-state index is 0.0125. The molecule has 0 spiro atoms. The van der Waals surface area contributed by atoms with Crippen molar-refractivity contribution in [3.8, 4) is 17.0 Å². The van der Waals surface area contributed by atoms with Gasteiger partial charge in [0.25, 0.3) is 0 Å². The number of aromatic nitrogens is 2. The number of ether oxygens (including phenoxy) is 1. The molecule has 3 aromatic carbocycles. The molecule has 0 unspecified atom stereocenters. The summed E-state index contributed by atoms with van der Waals surface area (Å²) in [5.41, 5.74) is 3.37. The minimum Gasteiger partial charge on any atom is -0.423 e. The van der Waals surface area contributed by atoms with E-state index in [4.69, 9.17) is 4.74 Å².